The van der Waals surface area contributed by atoms with Gasteiger partial charge in [0, 0.05) is 25.7 Å². The van der Waals surface area contributed by atoms with Crippen LogP contribution in [-0.2, 0) is 0 Å². The Hall–Kier alpha value is -1.75. The van der Waals surface area contributed by atoms with Gasteiger partial charge >= 0.3 is 0 Å². The Morgan fingerprint density at radius 2 is 1.86 bits per heavy atom. The quantitative estimate of drug-likeness (QED) is 0.438. The monoisotopic (exact) mass is 306 g/mol. The van der Waals surface area contributed by atoms with Crippen molar-refractivity contribution in [1.82, 2.24) is 15.5 Å². The molecular weight excluding hydrogens is 276 g/mol. The van der Waals surface area contributed by atoms with E-state index in [-0.39, 0.29) is 5.54 Å². The molecule has 0 saturated carbocycles. The summed E-state index contributed by atoms with van der Waals surface area (Å²) in [4.78, 5) is 6.44. The second-order valence-corrected chi connectivity index (χ2v) is 6.07. The lowest BCUT2D eigenvalue weighted by molar-refractivity contribution is 0.197. The number of ether oxygens (including phenoxy) is 1. The Balaban J connectivity index is 2.19. The summed E-state index contributed by atoms with van der Waals surface area (Å²) in [7, 11) is 5.95. The summed E-state index contributed by atoms with van der Waals surface area (Å²) >= 11 is 0. The fourth-order valence-corrected chi connectivity index (χ4v) is 1.66. The van der Waals surface area contributed by atoms with Gasteiger partial charge in [-0.25, -0.2) is 0 Å². The van der Waals surface area contributed by atoms with Crippen LogP contribution in [0.5, 0.6) is 5.75 Å². The van der Waals surface area contributed by atoms with Gasteiger partial charge in [-0.15, -0.1) is 0 Å². The van der Waals surface area contributed by atoms with Gasteiger partial charge in [-0.05, 0) is 46.5 Å². The van der Waals surface area contributed by atoms with Crippen LogP contribution < -0.4 is 15.4 Å². The molecule has 0 radical (unpaired) electrons. The van der Waals surface area contributed by atoms with E-state index in [4.69, 9.17) is 4.74 Å². The van der Waals surface area contributed by atoms with Crippen molar-refractivity contribution in [3.8, 4) is 5.75 Å². The number of nitrogens with one attached hydrogen (secondary N) is 2. The van der Waals surface area contributed by atoms with E-state index in [1.807, 2.05) is 30.3 Å². The van der Waals surface area contributed by atoms with Gasteiger partial charge < -0.3 is 20.3 Å². The second kappa shape index (κ2) is 9.30. The fraction of sp³-hybridized carbons (Fsp3) is 0.588. The first kappa shape index (κ1) is 18.3. The normalized spacial score (nSPS) is 12.4. The smallest absolute Gasteiger partial charge is 0.191 e. The predicted molar refractivity (Wildman–Crippen MR) is 93.7 cm³/mol. The van der Waals surface area contributed by atoms with Gasteiger partial charge in [-0.3, -0.25) is 4.99 Å². The van der Waals surface area contributed by atoms with E-state index < -0.39 is 0 Å². The molecule has 0 aliphatic carbocycles. The largest absolute Gasteiger partial charge is 0.494 e. The molecule has 1 rings (SSSR count). The third-order valence-electron chi connectivity index (χ3n) is 3.75. The summed E-state index contributed by atoms with van der Waals surface area (Å²) < 4.78 is 5.66. The Bertz CT molecular complexity index is 443. The molecule has 2 N–H and O–H groups in total. The van der Waals surface area contributed by atoms with Crippen LogP contribution in [0.25, 0.3) is 0 Å². The summed E-state index contributed by atoms with van der Waals surface area (Å²) in [6.45, 7) is 6.74. The minimum atomic E-state index is 0.0774. The zero-order valence-corrected chi connectivity index (χ0v) is 14.5. The third kappa shape index (κ3) is 6.80. The lowest BCUT2D eigenvalue weighted by Gasteiger charge is -2.33. The molecule has 0 spiro atoms. The highest BCUT2D eigenvalue weighted by Crippen LogP contribution is 2.08. The average Bonchev–Trinajstić information content (AvgIpc) is 2.50. The van der Waals surface area contributed by atoms with Crippen molar-refractivity contribution in [2.24, 2.45) is 4.99 Å². The van der Waals surface area contributed by atoms with Crippen LogP contribution in [0.4, 0.5) is 0 Å². The van der Waals surface area contributed by atoms with Crippen molar-refractivity contribution >= 4 is 5.96 Å². The molecule has 0 unspecified atom stereocenters. The number of likely N-dealkylation sites (N-methyl/N-ethyl adjacent to an activating group) is 1. The lowest BCUT2D eigenvalue weighted by atomic mass is 10.0. The molecular formula is C17H30N4O. The Labute approximate surface area is 134 Å². The molecule has 0 aromatic heterocycles. The van der Waals surface area contributed by atoms with E-state index >= 15 is 0 Å². The van der Waals surface area contributed by atoms with Crippen molar-refractivity contribution in [1.29, 1.82) is 0 Å². The van der Waals surface area contributed by atoms with Crippen LogP contribution in [0.1, 0.15) is 20.3 Å². The molecule has 22 heavy (non-hydrogen) atoms. The molecule has 0 amide bonds. The topological polar surface area (TPSA) is 48.9 Å². The van der Waals surface area contributed by atoms with Gasteiger partial charge in [0.15, 0.2) is 5.96 Å². The number of nitrogens with zero attached hydrogens (tertiary/aromatic N) is 2. The Morgan fingerprint density at radius 3 is 2.45 bits per heavy atom. The summed E-state index contributed by atoms with van der Waals surface area (Å²) in [6.07, 6.45) is 0.923. The van der Waals surface area contributed by atoms with Crippen LogP contribution in [0.2, 0.25) is 0 Å². The number of benzene rings is 1. The maximum atomic E-state index is 5.66. The Morgan fingerprint density at radius 1 is 1.18 bits per heavy atom. The number of rotatable bonds is 8. The molecule has 5 nitrogen and oxygen atoms in total. The first-order valence-electron chi connectivity index (χ1n) is 7.75. The van der Waals surface area contributed by atoms with E-state index in [1.54, 1.807) is 7.05 Å². The van der Waals surface area contributed by atoms with E-state index in [0.717, 1.165) is 31.2 Å². The second-order valence-electron chi connectivity index (χ2n) is 6.07. The number of hydrogen-bond donors (Lipinski definition) is 2. The molecule has 0 atom stereocenters. The van der Waals surface area contributed by atoms with Gasteiger partial charge in [0.1, 0.15) is 5.75 Å². The third-order valence-corrected chi connectivity index (χ3v) is 3.75. The van der Waals surface area contributed by atoms with Crippen LogP contribution in [0.15, 0.2) is 35.3 Å². The van der Waals surface area contributed by atoms with Gasteiger partial charge in [0.2, 0.25) is 0 Å². The minimum Gasteiger partial charge on any atom is -0.494 e. The summed E-state index contributed by atoms with van der Waals surface area (Å²) in [5, 5.41) is 6.66. The van der Waals surface area contributed by atoms with E-state index in [2.05, 4.69) is 48.5 Å². The maximum Gasteiger partial charge on any atom is 0.191 e. The van der Waals surface area contributed by atoms with Gasteiger partial charge in [-0.1, -0.05) is 18.2 Å². The minimum absolute atomic E-state index is 0.0774. The molecule has 5 heteroatoms. The lowest BCUT2D eigenvalue weighted by Crippen LogP contribution is -2.51. The highest BCUT2D eigenvalue weighted by atomic mass is 16.5. The summed E-state index contributed by atoms with van der Waals surface area (Å²) in [6, 6.07) is 9.88. The van der Waals surface area contributed by atoms with Crippen LogP contribution in [-0.4, -0.2) is 57.2 Å². The van der Waals surface area contributed by atoms with Crippen molar-refractivity contribution in [3.05, 3.63) is 30.3 Å². The predicted octanol–water partition coefficient (Wildman–Crippen LogP) is 1.96. The molecule has 0 heterocycles. The molecule has 0 aliphatic heterocycles. The molecule has 124 valence electrons. The van der Waals surface area contributed by atoms with E-state index in [1.165, 1.54) is 0 Å². The number of para-hydroxylation sites is 1. The van der Waals surface area contributed by atoms with Crippen LogP contribution in [0.3, 0.4) is 0 Å². The molecule has 0 aliphatic rings. The van der Waals surface area contributed by atoms with E-state index in [0.29, 0.717) is 6.61 Å². The zero-order chi connectivity index (χ0) is 16.4. The van der Waals surface area contributed by atoms with Gasteiger partial charge in [0.05, 0.1) is 6.61 Å². The van der Waals surface area contributed by atoms with Gasteiger partial charge in [-0.2, -0.15) is 0 Å². The number of guanidine groups is 1. The number of aliphatic imine (C=N–C) groups is 1. The standard InChI is InChI=1S/C17H30N4O/c1-17(2,21(4)5)14-20-16(18-3)19-12-9-13-22-15-10-7-6-8-11-15/h6-8,10-11H,9,12-14H2,1-5H3,(H2,18,19,20). The first-order valence-corrected chi connectivity index (χ1v) is 7.75. The van der Waals surface area contributed by atoms with Crippen molar-refractivity contribution in [2.75, 3.05) is 40.8 Å². The number of hydrogen-bond acceptors (Lipinski definition) is 3. The highest BCUT2D eigenvalue weighted by Gasteiger charge is 2.20. The van der Waals surface area contributed by atoms with E-state index in [9.17, 15) is 0 Å². The molecule has 0 fully saturated rings. The SMILES string of the molecule is CN=C(NCCCOc1ccccc1)NCC(C)(C)N(C)C. The van der Waals surface area contributed by atoms with Crippen molar-refractivity contribution in [3.63, 3.8) is 0 Å². The molecule has 0 saturated heterocycles. The Kier molecular flexibility index (Phi) is 7.74. The maximum absolute atomic E-state index is 5.66. The zero-order valence-electron chi connectivity index (χ0n) is 14.5. The van der Waals surface area contributed by atoms with Crippen molar-refractivity contribution < 1.29 is 4.74 Å². The van der Waals surface area contributed by atoms with Gasteiger partial charge in [0.25, 0.3) is 0 Å². The summed E-state index contributed by atoms with van der Waals surface area (Å²) in [5.74, 6) is 1.74. The average molecular weight is 306 g/mol. The van der Waals surface area contributed by atoms with Crippen molar-refractivity contribution in [2.45, 2.75) is 25.8 Å². The molecule has 1 aromatic rings. The highest BCUT2D eigenvalue weighted by molar-refractivity contribution is 5.79. The van der Waals surface area contributed by atoms with Crippen LogP contribution in [0, 0.1) is 0 Å². The molecule has 1 aromatic carbocycles. The first-order chi connectivity index (χ1) is 10.5. The fourth-order valence-electron chi connectivity index (χ4n) is 1.66. The molecule has 0 bridgehead atoms. The van der Waals surface area contributed by atoms with Crippen LogP contribution >= 0.6 is 0 Å². The summed E-state index contributed by atoms with van der Waals surface area (Å²) in [5.41, 5.74) is 0.0774.